The van der Waals surface area contributed by atoms with Crippen LogP contribution < -0.4 is 0 Å². The Hall–Kier alpha value is -0.530. The summed E-state index contributed by atoms with van der Waals surface area (Å²) >= 11 is 0. The first-order valence-corrected chi connectivity index (χ1v) is 4.02. The van der Waals surface area contributed by atoms with Crippen molar-refractivity contribution >= 4 is 5.97 Å². The smallest absolute Gasteiger partial charge is 0.309 e. The molecule has 2 nitrogen and oxygen atoms in total. The highest BCUT2D eigenvalue weighted by molar-refractivity contribution is 5.76. The number of rotatable bonds is 0. The van der Waals surface area contributed by atoms with E-state index in [0.717, 1.165) is 0 Å². The van der Waals surface area contributed by atoms with Crippen LogP contribution in [0.15, 0.2) is 0 Å². The predicted molar refractivity (Wildman–Crippen MR) is 43.1 cm³/mol. The second-order valence-electron chi connectivity index (χ2n) is 4.37. The van der Waals surface area contributed by atoms with Crippen LogP contribution in [0.5, 0.6) is 0 Å². The third kappa shape index (κ3) is 0.959. The molecule has 1 aliphatic heterocycles. The lowest BCUT2D eigenvalue weighted by molar-refractivity contribution is -0.149. The first kappa shape index (κ1) is 8.57. The lowest BCUT2D eigenvalue weighted by Crippen LogP contribution is -2.37. The first-order valence-electron chi connectivity index (χ1n) is 4.02. The standard InChI is InChI=1S/C9H16O2/c1-6-7(10)11-9(4,5)8(6,2)3/h6H,1-5H3/t6-/m0/s1. The van der Waals surface area contributed by atoms with Crippen LogP contribution in [-0.4, -0.2) is 11.6 Å². The van der Waals surface area contributed by atoms with Crippen molar-refractivity contribution in [1.29, 1.82) is 0 Å². The van der Waals surface area contributed by atoms with Gasteiger partial charge in [-0.05, 0) is 13.8 Å². The quantitative estimate of drug-likeness (QED) is 0.501. The van der Waals surface area contributed by atoms with E-state index < -0.39 is 0 Å². The minimum absolute atomic E-state index is 0.0116. The highest BCUT2D eigenvalue weighted by Crippen LogP contribution is 2.46. The molecule has 1 aliphatic rings. The van der Waals surface area contributed by atoms with Gasteiger partial charge in [-0.2, -0.15) is 0 Å². The molecule has 0 aromatic carbocycles. The number of ether oxygens (including phenoxy) is 1. The van der Waals surface area contributed by atoms with E-state index >= 15 is 0 Å². The highest BCUT2D eigenvalue weighted by Gasteiger charge is 2.53. The average Bonchev–Trinajstić information content (AvgIpc) is 1.93. The van der Waals surface area contributed by atoms with Crippen molar-refractivity contribution < 1.29 is 9.53 Å². The Morgan fingerprint density at radius 3 is 1.82 bits per heavy atom. The molecule has 0 aromatic rings. The zero-order valence-corrected chi connectivity index (χ0v) is 7.89. The molecule has 0 saturated carbocycles. The molecule has 0 unspecified atom stereocenters. The number of cyclic esters (lactones) is 1. The molecule has 11 heavy (non-hydrogen) atoms. The van der Waals surface area contributed by atoms with Crippen LogP contribution >= 0.6 is 0 Å². The van der Waals surface area contributed by atoms with E-state index in [9.17, 15) is 4.79 Å². The van der Waals surface area contributed by atoms with Crippen LogP contribution in [-0.2, 0) is 9.53 Å². The zero-order valence-electron chi connectivity index (χ0n) is 7.89. The van der Waals surface area contributed by atoms with Crippen molar-refractivity contribution in [2.45, 2.75) is 40.2 Å². The fraction of sp³-hybridized carbons (Fsp3) is 0.889. The topological polar surface area (TPSA) is 26.3 Å². The van der Waals surface area contributed by atoms with Crippen molar-refractivity contribution in [3.63, 3.8) is 0 Å². The molecule has 1 rings (SSSR count). The van der Waals surface area contributed by atoms with Crippen LogP contribution in [0.4, 0.5) is 0 Å². The van der Waals surface area contributed by atoms with Crippen LogP contribution in [0.25, 0.3) is 0 Å². The normalized spacial score (nSPS) is 33.5. The van der Waals surface area contributed by atoms with Crippen molar-refractivity contribution in [2.24, 2.45) is 11.3 Å². The molecule has 0 spiro atoms. The number of carbonyl (C=O) groups is 1. The number of esters is 1. The molecule has 1 saturated heterocycles. The van der Waals surface area contributed by atoms with Gasteiger partial charge in [0.1, 0.15) is 5.60 Å². The zero-order chi connectivity index (χ0) is 8.86. The third-order valence-electron chi connectivity index (χ3n) is 3.34. The summed E-state index contributed by atoms with van der Waals surface area (Å²) in [5, 5.41) is 0. The molecule has 0 aromatic heterocycles. The second kappa shape index (κ2) is 1.99. The van der Waals surface area contributed by atoms with Gasteiger partial charge in [-0.25, -0.2) is 0 Å². The monoisotopic (exact) mass is 156 g/mol. The van der Waals surface area contributed by atoms with Crippen molar-refractivity contribution in [3.8, 4) is 0 Å². The summed E-state index contributed by atoms with van der Waals surface area (Å²) in [6.07, 6.45) is 0. The summed E-state index contributed by atoms with van der Waals surface area (Å²) in [5.74, 6) is -0.0579. The maximum atomic E-state index is 11.2. The largest absolute Gasteiger partial charge is 0.459 e. The molecule has 64 valence electrons. The van der Waals surface area contributed by atoms with Crippen molar-refractivity contribution in [2.75, 3.05) is 0 Å². The van der Waals surface area contributed by atoms with Crippen molar-refractivity contribution in [3.05, 3.63) is 0 Å². The molecule has 0 bridgehead atoms. The fourth-order valence-corrected chi connectivity index (χ4v) is 1.29. The minimum Gasteiger partial charge on any atom is -0.459 e. The maximum absolute atomic E-state index is 11.2. The predicted octanol–water partition coefficient (Wildman–Crippen LogP) is 1.98. The SMILES string of the molecule is C[C@H]1C(=O)OC(C)(C)C1(C)C. The second-order valence-corrected chi connectivity index (χ2v) is 4.37. The van der Waals surface area contributed by atoms with Crippen LogP contribution in [0.2, 0.25) is 0 Å². The van der Waals surface area contributed by atoms with Gasteiger partial charge in [0, 0.05) is 5.41 Å². The Balaban J connectivity index is 3.01. The summed E-state index contributed by atoms with van der Waals surface area (Å²) < 4.78 is 5.24. The summed E-state index contributed by atoms with van der Waals surface area (Å²) in [6.45, 7) is 10.0. The van der Waals surface area contributed by atoms with Gasteiger partial charge in [-0.3, -0.25) is 4.79 Å². The van der Waals surface area contributed by atoms with Crippen LogP contribution in [0.3, 0.4) is 0 Å². The molecule has 0 aliphatic carbocycles. The van der Waals surface area contributed by atoms with E-state index in [-0.39, 0.29) is 22.9 Å². The number of hydrogen-bond acceptors (Lipinski definition) is 2. The lowest BCUT2D eigenvalue weighted by atomic mass is 9.71. The van der Waals surface area contributed by atoms with Gasteiger partial charge in [0.15, 0.2) is 0 Å². The van der Waals surface area contributed by atoms with Crippen LogP contribution in [0, 0.1) is 11.3 Å². The van der Waals surface area contributed by atoms with E-state index in [1.807, 2.05) is 20.8 Å². The summed E-state index contributed by atoms with van der Waals surface area (Å²) in [4.78, 5) is 11.2. The fourth-order valence-electron chi connectivity index (χ4n) is 1.29. The molecular formula is C9H16O2. The summed E-state index contributed by atoms with van der Waals surface area (Å²) in [5.41, 5.74) is -0.367. The summed E-state index contributed by atoms with van der Waals surface area (Å²) in [7, 11) is 0. The van der Waals surface area contributed by atoms with Gasteiger partial charge in [0.05, 0.1) is 5.92 Å². The van der Waals surface area contributed by atoms with E-state index in [2.05, 4.69) is 13.8 Å². The number of hydrogen-bond donors (Lipinski definition) is 0. The molecule has 2 heteroatoms. The van der Waals surface area contributed by atoms with Gasteiger partial charge >= 0.3 is 5.97 Å². The van der Waals surface area contributed by atoms with Gasteiger partial charge < -0.3 is 4.74 Å². The Bertz CT molecular complexity index is 192. The average molecular weight is 156 g/mol. The van der Waals surface area contributed by atoms with Gasteiger partial charge in [0.2, 0.25) is 0 Å². The Morgan fingerprint density at radius 1 is 1.27 bits per heavy atom. The Kier molecular flexibility index (Phi) is 1.55. The molecule has 0 amide bonds. The Morgan fingerprint density at radius 2 is 1.73 bits per heavy atom. The summed E-state index contributed by atoms with van der Waals surface area (Å²) in [6, 6.07) is 0. The number of carbonyl (C=O) groups excluding carboxylic acids is 1. The molecular weight excluding hydrogens is 140 g/mol. The first-order chi connectivity index (χ1) is 4.79. The van der Waals surface area contributed by atoms with Crippen LogP contribution in [0.1, 0.15) is 34.6 Å². The highest BCUT2D eigenvalue weighted by atomic mass is 16.6. The van der Waals surface area contributed by atoms with E-state index in [4.69, 9.17) is 4.74 Å². The van der Waals surface area contributed by atoms with E-state index in [1.165, 1.54) is 0 Å². The third-order valence-corrected chi connectivity index (χ3v) is 3.34. The van der Waals surface area contributed by atoms with E-state index in [1.54, 1.807) is 0 Å². The molecule has 1 fully saturated rings. The molecule has 0 N–H and O–H groups in total. The van der Waals surface area contributed by atoms with E-state index in [0.29, 0.717) is 0 Å². The molecule has 0 radical (unpaired) electrons. The minimum atomic E-state index is -0.316. The van der Waals surface area contributed by atoms with Gasteiger partial charge in [-0.15, -0.1) is 0 Å². The maximum Gasteiger partial charge on any atom is 0.309 e. The van der Waals surface area contributed by atoms with Gasteiger partial charge in [0.25, 0.3) is 0 Å². The Labute approximate surface area is 67.9 Å². The molecule has 1 atom stereocenters. The molecule has 1 heterocycles. The van der Waals surface area contributed by atoms with Gasteiger partial charge in [-0.1, -0.05) is 20.8 Å². The lowest BCUT2D eigenvalue weighted by Gasteiger charge is -2.33. The van der Waals surface area contributed by atoms with Crippen molar-refractivity contribution in [1.82, 2.24) is 0 Å².